The van der Waals surface area contributed by atoms with Gasteiger partial charge in [0.25, 0.3) is 6.43 Å². The standard InChI is InChI=1S/2C30H38F3N3O.C28H33F4N3O/c2*1-5-6-11-35-15-20(16-35)29(37)19-13-23(31)26(24(32)14-19)28-27-22(21-9-7-8-10-25(21)34-27)12-18(2)36(28)17-30(3,4)33;1-3-4-9-34-13-18(14-34)28(36)17-11-21(29)25(22(30)12-17)27-26-20(10-16(2)35(27)15-24(31)32)19-7-5-6-8-23(19)33-26/h2*7-10,13-14,18,20,28-29,34,37H,5-6,11-12,15-17H2,1-4H3;5-8,11-12,16,18,24,27-28,33,36H,3-4,9-10,13-15H2,1-2H3/t18-,28-,29+;18-,28-,29-;16-,27-,28?/m111/s1. The molecule has 9 heterocycles. The SMILES string of the molecule is CCCCN1CC(C(O)c2cc(F)c([C@@H]3c4[nH]c5ccccc5c4C[C@@H](C)N3CC(F)F)c(F)c2)C1.CCCCN1CC([C@@H](O)c2cc(F)c([C@@H]3c4[nH]c5ccccc5c4C[C@@H](C)N3CC(C)(C)F)c(F)c2)C1.CCCCN1CC([C@H](O)c2cc(F)c([C@@H]3c4[nH]c5ccccc5c4C[C@@H](C)N3CC(C)(C)F)c(F)c2)C1. The second-order valence-electron chi connectivity index (χ2n) is 33.6. The van der Waals surface area contributed by atoms with E-state index in [1.54, 1.807) is 0 Å². The number of H-pyrrole nitrogens is 3. The van der Waals surface area contributed by atoms with Crippen LogP contribution in [0.25, 0.3) is 32.7 Å². The highest BCUT2D eigenvalue weighted by molar-refractivity contribution is 5.87. The number of para-hydroxylation sites is 3. The molecule has 3 saturated heterocycles. The van der Waals surface area contributed by atoms with E-state index in [-0.39, 0.29) is 82.3 Å². The number of alkyl halides is 4. The van der Waals surface area contributed by atoms with Gasteiger partial charge in [-0.15, -0.1) is 0 Å². The summed E-state index contributed by atoms with van der Waals surface area (Å²) in [7, 11) is 0. The van der Waals surface area contributed by atoms with E-state index < -0.39 is 95.6 Å². The van der Waals surface area contributed by atoms with E-state index in [9.17, 15) is 32.9 Å². The third-order valence-corrected chi connectivity index (χ3v) is 23.9. The summed E-state index contributed by atoms with van der Waals surface area (Å²) in [5.41, 5.74) is 4.67. The number of fused-ring (bicyclic) bond motifs is 9. The average Bonchev–Trinajstić information content (AvgIpc) is 1.53. The molecule has 0 aliphatic carbocycles. The van der Waals surface area contributed by atoms with E-state index in [4.69, 9.17) is 0 Å². The Balaban J connectivity index is 0.000000145. The van der Waals surface area contributed by atoms with Crippen molar-refractivity contribution in [3.05, 3.63) is 211 Å². The molecule has 0 bridgehead atoms. The Morgan fingerprint density at radius 1 is 0.409 bits per heavy atom. The Labute approximate surface area is 640 Å². The molecule has 3 fully saturated rings. The molecule has 9 aromatic rings. The molecule has 1 unspecified atom stereocenters. The van der Waals surface area contributed by atoms with Crippen molar-refractivity contribution in [3.63, 3.8) is 0 Å². The van der Waals surface area contributed by atoms with Crippen molar-refractivity contribution in [3.8, 4) is 0 Å². The molecule has 6 aromatic carbocycles. The summed E-state index contributed by atoms with van der Waals surface area (Å²) in [5.74, 6) is -4.65. The number of aliphatic hydroxyl groups excluding tert-OH is 3. The molecular weight excluding hydrogens is 1420 g/mol. The first-order chi connectivity index (χ1) is 52.4. The van der Waals surface area contributed by atoms with E-state index >= 15 is 26.3 Å². The number of unbranched alkanes of at least 4 members (excludes halogenated alkanes) is 3. The number of nitrogens with one attached hydrogen (secondary N) is 3. The van der Waals surface area contributed by atoms with Crippen molar-refractivity contribution in [1.29, 1.82) is 0 Å². The fourth-order valence-corrected chi connectivity index (χ4v) is 18.3. The van der Waals surface area contributed by atoms with Gasteiger partial charge >= 0.3 is 0 Å². The normalized spacial score (nSPS) is 22.3. The second-order valence-corrected chi connectivity index (χ2v) is 33.6. The maximum absolute atomic E-state index is 15.9. The van der Waals surface area contributed by atoms with E-state index in [0.29, 0.717) is 49.4 Å². The molecule has 594 valence electrons. The molecule has 3 aromatic heterocycles. The molecule has 0 amide bonds. The highest BCUT2D eigenvalue weighted by Crippen LogP contribution is 2.49. The maximum atomic E-state index is 15.9. The van der Waals surface area contributed by atoms with Gasteiger partial charge in [0, 0.05) is 155 Å². The number of hydrogen-bond donors (Lipinski definition) is 6. The smallest absolute Gasteiger partial charge is 0.251 e. The number of aromatic nitrogens is 3. The summed E-state index contributed by atoms with van der Waals surface area (Å²) in [6.07, 6.45) is 2.90. The highest BCUT2D eigenvalue weighted by atomic mass is 19.3. The predicted octanol–water partition coefficient (Wildman–Crippen LogP) is 18.4. The molecule has 6 N–H and O–H groups in total. The summed E-state index contributed by atoms with van der Waals surface area (Å²) in [6, 6.07) is 27.5. The van der Waals surface area contributed by atoms with Crippen LogP contribution in [-0.4, -0.2) is 174 Å². The first-order valence-corrected chi connectivity index (χ1v) is 39.8. The van der Waals surface area contributed by atoms with Crippen LogP contribution >= 0.6 is 0 Å². The lowest BCUT2D eigenvalue weighted by molar-refractivity contribution is -0.00590. The molecule has 12 nitrogen and oxygen atoms in total. The minimum Gasteiger partial charge on any atom is -0.388 e. The molecule has 22 heteroatoms. The maximum Gasteiger partial charge on any atom is 0.251 e. The van der Waals surface area contributed by atoms with Crippen molar-refractivity contribution >= 4 is 32.7 Å². The second kappa shape index (κ2) is 33.5. The Morgan fingerprint density at radius 3 is 0.918 bits per heavy atom. The number of benzene rings is 6. The van der Waals surface area contributed by atoms with Crippen LogP contribution in [0.1, 0.15) is 211 Å². The molecule has 0 radical (unpaired) electrons. The van der Waals surface area contributed by atoms with Crippen LogP contribution in [-0.2, 0) is 19.3 Å². The first-order valence-electron chi connectivity index (χ1n) is 39.8. The number of aliphatic hydroxyl groups is 3. The zero-order chi connectivity index (χ0) is 78.5. The number of halogens is 10. The van der Waals surface area contributed by atoms with Crippen molar-refractivity contribution in [1.82, 2.24) is 44.4 Å². The van der Waals surface area contributed by atoms with Crippen LogP contribution in [0.2, 0.25) is 0 Å². The van der Waals surface area contributed by atoms with Gasteiger partial charge in [-0.3, -0.25) is 14.7 Å². The zero-order valence-corrected chi connectivity index (χ0v) is 65.1. The molecular formula is C88H109F10N9O3. The minimum absolute atomic E-state index is 0.0343. The fraction of sp³-hybridized carbons (Fsp3) is 0.523. The Morgan fingerprint density at radius 2 is 0.664 bits per heavy atom. The minimum atomic E-state index is -2.65. The van der Waals surface area contributed by atoms with Gasteiger partial charge in [-0.1, -0.05) is 94.6 Å². The van der Waals surface area contributed by atoms with Crippen LogP contribution in [0.15, 0.2) is 109 Å². The summed E-state index contributed by atoms with van der Waals surface area (Å²) in [6.45, 7) is 24.8. The van der Waals surface area contributed by atoms with Gasteiger partial charge < -0.3 is 45.0 Å². The largest absolute Gasteiger partial charge is 0.388 e. The molecule has 15 rings (SSSR count). The molecule has 0 spiro atoms. The summed E-state index contributed by atoms with van der Waals surface area (Å²) < 4.78 is 152. The monoisotopic (exact) mass is 1530 g/mol. The number of aromatic amines is 3. The van der Waals surface area contributed by atoms with E-state index in [0.717, 1.165) is 134 Å². The van der Waals surface area contributed by atoms with Crippen LogP contribution in [0, 0.1) is 52.7 Å². The van der Waals surface area contributed by atoms with Gasteiger partial charge in [-0.25, -0.2) is 43.9 Å². The number of hydrogen-bond acceptors (Lipinski definition) is 9. The van der Waals surface area contributed by atoms with Crippen molar-refractivity contribution in [2.45, 2.75) is 199 Å². The summed E-state index contributed by atoms with van der Waals surface area (Å²) in [4.78, 5) is 22.0. The quantitative estimate of drug-likeness (QED) is 0.0328. The van der Waals surface area contributed by atoms with E-state index in [1.165, 1.54) is 69.0 Å². The predicted molar refractivity (Wildman–Crippen MR) is 415 cm³/mol. The van der Waals surface area contributed by atoms with Crippen LogP contribution in [0.5, 0.6) is 0 Å². The fourth-order valence-electron chi connectivity index (χ4n) is 18.3. The van der Waals surface area contributed by atoms with Gasteiger partial charge in [-0.05, 0) is 195 Å². The lowest BCUT2D eigenvalue weighted by Gasteiger charge is -2.43. The lowest BCUT2D eigenvalue weighted by atomic mass is 9.85. The molecule has 110 heavy (non-hydrogen) atoms. The Kier molecular flexibility index (Phi) is 24.7. The first kappa shape index (κ1) is 80.9. The lowest BCUT2D eigenvalue weighted by Crippen LogP contribution is -2.49. The number of likely N-dealkylation sites (tertiary alicyclic amines) is 3. The number of rotatable bonds is 24. The summed E-state index contributed by atoms with van der Waals surface area (Å²) >= 11 is 0. The Hall–Kier alpha value is -7.12. The average molecular weight is 1530 g/mol. The molecule has 0 saturated carbocycles. The van der Waals surface area contributed by atoms with Crippen LogP contribution < -0.4 is 0 Å². The van der Waals surface area contributed by atoms with Crippen molar-refractivity contribution < 1.29 is 59.2 Å². The van der Waals surface area contributed by atoms with Crippen LogP contribution in [0.3, 0.4) is 0 Å². The van der Waals surface area contributed by atoms with Crippen molar-refractivity contribution in [2.75, 3.05) is 78.5 Å². The third kappa shape index (κ3) is 16.9. The molecule has 9 atom stereocenters. The van der Waals surface area contributed by atoms with Gasteiger partial charge in [0.2, 0.25) is 0 Å². The van der Waals surface area contributed by atoms with Gasteiger partial charge in [0.15, 0.2) is 0 Å². The third-order valence-electron chi connectivity index (χ3n) is 23.9. The highest BCUT2D eigenvalue weighted by Gasteiger charge is 2.46. The Bertz CT molecular complexity index is 4400. The molecule has 6 aliphatic rings. The van der Waals surface area contributed by atoms with E-state index in [1.807, 2.05) is 103 Å². The van der Waals surface area contributed by atoms with E-state index in [2.05, 4.69) is 50.4 Å². The van der Waals surface area contributed by atoms with Gasteiger partial charge in [0.1, 0.15) is 46.2 Å². The number of nitrogens with zero attached hydrogens (tertiary/aromatic N) is 6. The summed E-state index contributed by atoms with van der Waals surface area (Å²) in [5, 5.41) is 35.6. The molecule has 6 aliphatic heterocycles. The van der Waals surface area contributed by atoms with Gasteiger partial charge in [0.05, 0.1) is 43.0 Å². The topological polar surface area (TPSA) is 127 Å². The van der Waals surface area contributed by atoms with Crippen LogP contribution in [0.4, 0.5) is 43.9 Å². The van der Waals surface area contributed by atoms with Gasteiger partial charge in [-0.2, -0.15) is 0 Å². The zero-order valence-electron chi connectivity index (χ0n) is 65.1. The van der Waals surface area contributed by atoms with Crippen molar-refractivity contribution in [2.24, 2.45) is 17.8 Å².